The lowest BCUT2D eigenvalue weighted by Gasteiger charge is -2.14. The van der Waals surface area contributed by atoms with E-state index in [4.69, 9.17) is 4.74 Å². The van der Waals surface area contributed by atoms with E-state index in [0.717, 1.165) is 34.4 Å². The third kappa shape index (κ3) is 2.40. The number of aliphatic hydroxyl groups excluding tert-OH is 1. The first-order valence-electron chi connectivity index (χ1n) is 6.35. The molecule has 0 saturated heterocycles. The van der Waals surface area contributed by atoms with E-state index in [1.807, 2.05) is 43.3 Å². The van der Waals surface area contributed by atoms with Crippen LogP contribution in [0, 0.1) is 6.92 Å². The first kappa shape index (κ1) is 12.7. The van der Waals surface area contributed by atoms with E-state index in [9.17, 15) is 5.11 Å². The highest BCUT2D eigenvalue weighted by Gasteiger charge is 2.18. The summed E-state index contributed by atoms with van der Waals surface area (Å²) in [7, 11) is 0. The van der Waals surface area contributed by atoms with E-state index in [1.165, 1.54) is 11.1 Å². The summed E-state index contributed by atoms with van der Waals surface area (Å²) in [6.45, 7) is 2.77. The van der Waals surface area contributed by atoms with Gasteiger partial charge in [-0.05, 0) is 47.4 Å². The summed E-state index contributed by atoms with van der Waals surface area (Å²) in [5, 5.41) is 10.5. The zero-order valence-electron chi connectivity index (χ0n) is 10.7. The number of fused-ring (bicyclic) bond motifs is 1. The SMILES string of the molecule is Cc1ccc(C(O)c2ccc3c(c2)CCO3)c(Br)c1. The van der Waals surface area contributed by atoms with E-state index in [-0.39, 0.29) is 0 Å². The smallest absolute Gasteiger partial charge is 0.122 e. The van der Waals surface area contributed by atoms with E-state index in [0.29, 0.717) is 0 Å². The summed E-state index contributed by atoms with van der Waals surface area (Å²) in [6.07, 6.45) is 0.311. The van der Waals surface area contributed by atoms with Crippen molar-refractivity contribution in [3.05, 3.63) is 63.1 Å². The van der Waals surface area contributed by atoms with E-state index >= 15 is 0 Å². The van der Waals surface area contributed by atoms with Gasteiger partial charge >= 0.3 is 0 Å². The minimum absolute atomic E-state index is 0.610. The van der Waals surface area contributed by atoms with Gasteiger partial charge in [-0.1, -0.05) is 34.1 Å². The van der Waals surface area contributed by atoms with E-state index in [1.54, 1.807) is 0 Å². The van der Waals surface area contributed by atoms with Crippen LogP contribution in [0.4, 0.5) is 0 Å². The topological polar surface area (TPSA) is 29.5 Å². The van der Waals surface area contributed by atoms with Crippen molar-refractivity contribution in [1.29, 1.82) is 0 Å². The average molecular weight is 319 g/mol. The Labute approximate surface area is 121 Å². The van der Waals surface area contributed by atoms with Crippen LogP contribution in [0.2, 0.25) is 0 Å². The lowest BCUT2D eigenvalue weighted by atomic mass is 9.98. The molecule has 1 aliphatic heterocycles. The Balaban J connectivity index is 1.97. The van der Waals surface area contributed by atoms with Crippen LogP contribution in [0.25, 0.3) is 0 Å². The van der Waals surface area contributed by atoms with Crippen molar-refractivity contribution < 1.29 is 9.84 Å². The molecule has 0 spiro atoms. The van der Waals surface area contributed by atoms with Crippen LogP contribution in [-0.4, -0.2) is 11.7 Å². The Morgan fingerprint density at radius 2 is 2.05 bits per heavy atom. The van der Waals surface area contributed by atoms with Crippen LogP contribution in [0.1, 0.15) is 28.4 Å². The van der Waals surface area contributed by atoms with Crippen molar-refractivity contribution in [3.63, 3.8) is 0 Å². The van der Waals surface area contributed by atoms with Gasteiger partial charge in [0.25, 0.3) is 0 Å². The number of benzene rings is 2. The number of hydrogen-bond donors (Lipinski definition) is 1. The molecule has 1 N–H and O–H groups in total. The Morgan fingerprint density at radius 1 is 1.21 bits per heavy atom. The van der Waals surface area contributed by atoms with Crippen molar-refractivity contribution >= 4 is 15.9 Å². The van der Waals surface area contributed by atoms with E-state index in [2.05, 4.69) is 15.9 Å². The highest BCUT2D eigenvalue weighted by Crippen LogP contribution is 2.33. The number of halogens is 1. The summed E-state index contributed by atoms with van der Waals surface area (Å²) in [5.74, 6) is 0.943. The number of aryl methyl sites for hydroxylation is 1. The monoisotopic (exact) mass is 318 g/mol. The number of ether oxygens (including phenoxy) is 1. The Kier molecular flexibility index (Phi) is 3.33. The third-order valence-corrected chi connectivity index (χ3v) is 4.17. The van der Waals surface area contributed by atoms with Gasteiger partial charge in [0, 0.05) is 10.9 Å². The molecule has 3 heteroatoms. The lowest BCUT2D eigenvalue weighted by Crippen LogP contribution is -2.01. The predicted octanol–water partition coefficient (Wildman–Crippen LogP) is 3.77. The van der Waals surface area contributed by atoms with Crippen molar-refractivity contribution in [2.45, 2.75) is 19.4 Å². The molecule has 3 rings (SSSR count). The second-order valence-corrected chi connectivity index (χ2v) is 5.75. The van der Waals surface area contributed by atoms with Crippen LogP contribution in [0.15, 0.2) is 40.9 Å². The molecule has 1 aliphatic rings. The quantitative estimate of drug-likeness (QED) is 0.913. The second-order valence-electron chi connectivity index (χ2n) is 4.89. The van der Waals surface area contributed by atoms with Crippen LogP contribution < -0.4 is 4.74 Å². The van der Waals surface area contributed by atoms with Crippen LogP contribution in [0.5, 0.6) is 5.75 Å². The van der Waals surface area contributed by atoms with Crippen LogP contribution in [-0.2, 0) is 6.42 Å². The second kappa shape index (κ2) is 4.99. The molecule has 98 valence electrons. The molecule has 0 bridgehead atoms. The fourth-order valence-corrected chi connectivity index (χ4v) is 3.12. The first-order chi connectivity index (χ1) is 9.15. The maximum absolute atomic E-state index is 10.5. The molecule has 0 radical (unpaired) electrons. The number of hydrogen-bond acceptors (Lipinski definition) is 2. The molecular weight excluding hydrogens is 304 g/mol. The van der Waals surface area contributed by atoms with Gasteiger partial charge in [0.15, 0.2) is 0 Å². The summed E-state index contributed by atoms with van der Waals surface area (Å²) in [5.41, 5.74) is 4.16. The molecule has 2 aromatic carbocycles. The van der Waals surface area contributed by atoms with Gasteiger partial charge in [-0.2, -0.15) is 0 Å². The third-order valence-electron chi connectivity index (χ3n) is 3.48. The summed E-state index contributed by atoms with van der Waals surface area (Å²) < 4.78 is 6.43. The Bertz CT molecular complexity index is 622. The fourth-order valence-electron chi connectivity index (χ4n) is 2.41. The van der Waals surface area contributed by atoms with Gasteiger partial charge < -0.3 is 9.84 Å². The van der Waals surface area contributed by atoms with Gasteiger partial charge in [0.1, 0.15) is 11.9 Å². The fraction of sp³-hybridized carbons (Fsp3) is 0.250. The average Bonchev–Trinajstić information content (AvgIpc) is 2.85. The Morgan fingerprint density at radius 3 is 2.84 bits per heavy atom. The molecule has 0 amide bonds. The van der Waals surface area contributed by atoms with Crippen molar-refractivity contribution in [3.8, 4) is 5.75 Å². The highest BCUT2D eigenvalue weighted by molar-refractivity contribution is 9.10. The largest absolute Gasteiger partial charge is 0.493 e. The zero-order chi connectivity index (χ0) is 13.4. The van der Waals surface area contributed by atoms with Gasteiger partial charge in [-0.25, -0.2) is 0 Å². The minimum atomic E-state index is -0.610. The molecule has 0 fully saturated rings. The van der Waals surface area contributed by atoms with E-state index < -0.39 is 6.10 Å². The maximum atomic E-state index is 10.5. The van der Waals surface area contributed by atoms with Gasteiger partial charge in [-0.15, -0.1) is 0 Å². The standard InChI is InChI=1S/C16H15BrO2/c1-10-2-4-13(14(17)8-10)16(18)12-3-5-15-11(9-12)6-7-19-15/h2-5,8-9,16,18H,6-7H2,1H3. The first-order valence-corrected chi connectivity index (χ1v) is 7.14. The van der Waals surface area contributed by atoms with Gasteiger partial charge in [0.05, 0.1) is 6.61 Å². The summed E-state index contributed by atoms with van der Waals surface area (Å²) >= 11 is 3.52. The molecule has 0 aliphatic carbocycles. The highest BCUT2D eigenvalue weighted by atomic mass is 79.9. The molecule has 2 aromatic rings. The van der Waals surface area contributed by atoms with Crippen LogP contribution >= 0.6 is 15.9 Å². The Hall–Kier alpha value is -1.32. The van der Waals surface area contributed by atoms with Gasteiger partial charge in [-0.3, -0.25) is 0 Å². The van der Waals surface area contributed by atoms with Crippen molar-refractivity contribution in [2.75, 3.05) is 6.61 Å². The number of rotatable bonds is 2. The molecule has 0 aromatic heterocycles. The molecule has 1 unspecified atom stereocenters. The maximum Gasteiger partial charge on any atom is 0.122 e. The lowest BCUT2D eigenvalue weighted by molar-refractivity contribution is 0.219. The van der Waals surface area contributed by atoms with Crippen molar-refractivity contribution in [1.82, 2.24) is 0 Å². The normalized spacial score (nSPS) is 14.9. The molecule has 2 nitrogen and oxygen atoms in total. The van der Waals surface area contributed by atoms with Crippen LogP contribution in [0.3, 0.4) is 0 Å². The predicted molar refractivity (Wildman–Crippen MR) is 78.6 cm³/mol. The molecule has 0 saturated carbocycles. The molecule has 1 atom stereocenters. The zero-order valence-corrected chi connectivity index (χ0v) is 12.3. The molecular formula is C16H15BrO2. The summed E-state index contributed by atoms with van der Waals surface area (Å²) in [6, 6.07) is 11.9. The number of aliphatic hydroxyl groups is 1. The molecule has 19 heavy (non-hydrogen) atoms. The minimum Gasteiger partial charge on any atom is -0.493 e. The summed E-state index contributed by atoms with van der Waals surface area (Å²) in [4.78, 5) is 0. The van der Waals surface area contributed by atoms with Crippen molar-refractivity contribution in [2.24, 2.45) is 0 Å². The molecule has 1 heterocycles. The van der Waals surface area contributed by atoms with Gasteiger partial charge in [0.2, 0.25) is 0 Å².